The smallest absolute Gasteiger partial charge is 0.271 e. The van der Waals surface area contributed by atoms with Crippen LogP contribution in [0.3, 0.4) is 0 Å². The first-order valence-electron chi connectivity index (χ1n) is 9.90. The quantitative estimate of drug-likeness (QED) is 0.411. The Morgan fingerprint density at radius 1 is 1.00 bits per heavy atom. The van der Waals surface area contributed by atoms with E-state index >= 15 is 0 Å². The maximum Gasteiger partial charge on any atom is 0.271 e. The van der Waals surface area contributed by atoms with Crippen molar-refractivity contribution in [3.63, 3.8) is 0 Å². The van der Waals surface area contributed by atoms with E-state index in [1.807, 2.05) is 61.5 Å². The zero-order valence-corrected chi connectivity index (χ0v) is 17.7. The highest BCUT2D eigenvalue weighted by molar-refractivity contribution is 5.96. The number of nitrogens with one attached hydrogen (secondary N) is 2. The molecule has 0 spiro atoms. The Labute approximate surface area is 181 Å². The minimum Gasteiger partial charge on any atom is -0.495 e. The first kappa shape index (κ1) is 22.0. The fraction of sp³-hybridized carbons (Fsp3) is 0.208. The number of nitro groups is 1. The van der Waals surface area contributed by atoms with Crippen LogP contribution in [0, 0.1) is 17.0 Å². The third-order valence-electron chi connectivity index (χ3n) is 5.01. The van der Waals surface area contributed by atoms with Gasteiger partial charge in [-0.2, -0.15) is 0 Å². The molecule has 3 rings (SSSR count). The number of aryl methyl sites for hydroxylation is 1. The number of rotatable bonds is 8. The fourth-order valence-corrected chi connectivity index (χ4v) is 3.26. The van der Waals surface area contributed by atoms with Crippen LogP contribution in [0.2, 0.25) is 0 Å². The van der Waals surface area contributed by atoms with Crippen molar-refractivity contribution in [3.05, 3.63) is 99.6 Å². The van der Waals surface area contributed by atoms with Gasteiger partial charge in [-0.25, -0.2) is 0 Å². The summed E-state index contributed by atoms with van der Waals surface area (Å²) in [5.74, 6) is 0.0242. The molecule has 31 heavy (non-hydrogen) atoms. The molecule has 0 saturated carbocycles. The van der Waals surface area contributed by atoms with E-state index in [0.717, 1.165) is 16.7 Å². The van der Waals surface area contributed by atoms with Gasteiger partial charge in [-0.1, -0.05) is 60.2 Å². The van der Waals surface area contributed by atoms with Crippen molar-refractivity contribution in [1.29, 1.82) is 0 Å². The third-order valence-corrected chi connectivity index (χ3v) is 5.01. The normalized spacial score (nSPS) is 12.6. The number of methoxy groups -OCH3 is 1. The molecule has 7 heteroatoms. The number of carbonyl (C=O) groups excluding carboxylic acids is 1. The highest BCUT2D eigenvalue weighted by Gasteiger charge is 2.22. The number of hydrogen-bond acceptors (Lipinski definition) is 5. The van der Waals surface area contributed by atoms with Crippen LogP contribution >= 0.6 is 0 Å². The Morgan fingerprint density at radius 3 is 2.26 bits per heavy atom. The molecule has 0 aliphatic carbocycles. The van der Waals surface area contributed by atoms with Crippen molar-refractivity contribution in [2.75, 3.05) is 12.4 Å². The lowest BCUT2D eigenvalue weighted by atomic mass is 9.97. The third kappa shape index (κ3) is 5.46. The van der Waals surface area contributed by atoms with Crippen molar-refractivity contribution in [2.24, 2.45) is 0 Å². The molecule has 0 bridgehead atoms. The number of anilines is 1. The Balaban J connectivity index is 1.83. The average Bonchev–Trinajstić information content (AvgIpc) is 2.78. The summed E-state index contributed by atoms with van der Waals surface area (Å²) in [5.41, 5.74) is 3.34. The van der Waals surface area contributed by atoms with Gasteiger partial charge in [-0.15, -0.1) is 0 Å². The molecule has 2 N–H and O–H groups in total. The lowest BCUT2D eigenvalue weighted by molar-refractivity contribution is -0.384. The summed E-state index contributed by atoms with van der Waals surface area (Å²) in [7, 11) is 1.45. The predicted octanol–water partition coefficient (Wildman–Crippen LogP) is 4.62. The van der Waals surface area contributed by atoms with E-state index in [1.54, 1.807) is 6.92 Å². The molecule has 0 unspecified atom stereocenters. The minimum absolute atomic E-state index is 0.126. The maximum atomic E-state index is 12.9. The van der Waals surface area contributed by atoms with Crippen LogP contribution in [0.5, 0.6) is 5.75 Å². The molecule has 2 atom stereocenters. The lowest BCUT2D eigenvalue weighted by Crippen LogP contribution is -2.40. The van der Waals surface area contributed by atoms with Crippen LogP contribution in [-0.2, 0) is 4.79 Å². The highest BCUT2D eigenvalue weighted by Crippen LogP contribution is 2.29. The number of nitrogens with zero attached hydrogens (tertiary/aromatic N) is 1. The molecule has 0 aromatic heterocycles. The summed E-state index contributed by atoms with van der Waals surface area (Å²) in [6.45, 7) is 3.78. The molecule has 0 aliphatic rings. The van der Waals surface area contributed by atoms with Gasteiger partial charge in [0.15, 0.2) is 0 Å². The molecule has 7 nitrogen and oxygen atoms in total. The van der Waals surface area contributed by atoms with E-state index < -0.39 is 11.0 Å². The second-order valence-electron chi connectivity index (χ2n) is 7.27. The monoisotopic (exact) mass is 419 g/mol. The number of amides is 1. The van der Waals surface area contributed by atoms with E-state index in [4.69, 9.17) is 4.74 Å². The number of hydrogen-bond donors (Lipinski definition) is 2. The molecule has 0 radical (unpaired) electrons. The molecule has 0 heterocycles. The number of carbonyl (C=O) groups is 1. The van der Waals surface area contributed by atoms with E-state index in [0.29, 0.717) is 5.75 Å². The lowest BCUT2D eigenvalue weighted by Gasteiger charge is -2.24. The van der Waals surface area contributed by atoms with Gasteiger partial charge >= 0.3 is 0 Å². The van der Waals surface area contributed by atoms with Crippen LogP contribution in [0.4, 0.5) is 11.4 Å². The number of benzene rings is 3. The van der Waals surface area contributed by atoms with Gasteiger partial charge in [0, 0.05) is 12.1 Å². The van der Waals surface area contributed by atoms with E-state index in [2.05, 4.69) is 10.6 Å². The zero-order chi connectivity index (χ0) is 22.4. The van der Waals surface area contributed by atoms with Crippen molar-refractivity contribution in [3.8, 4) is 5.75 Å². The largest absolute Gasteiger partial charge is 0.495 e. The van der Waals surface area contributed by atoms with Crippen LogP contribution in [0.25, 0.3) is 0 Å². The zero-order valence-electron chi connectivity index (χ0n) is 17.7. The fourth-order valence-electron chi connectivity index (χ4n) is 3.26. The molecule has 0 saturated heterocycles. The number of ether oxygens (including phenoxy) is 1. The number of non-ortho nitro benzene ring substituents is 1. The highest BCUT2D eigenvalue weighted by atomic mass is 16.6. The van der Waals surface area contributed by atoms with E-state index in [-0.39, 0.29) is 23.3 Å². The van der Waals surface area contributed by atoms with Gasteiger partial charge in [0.05, 0.1) is 29.8 Å². The molecule has 0 aliphatic heterocycles. The Bertz CT molecular complexity index is 1050. The van der Waals surface area contributed by atoms with E-state index in [9.17, 15) is 14.9 Å². The van der Waals surface area contributed by atoms with Gasteiger partial charge in [0.1, 0.15) is 5.75 Å². The maximum absolute atomic E-state index is 12.9. The standard InChI is InChI=1S/C24H25N3O4/c1-16-9-11-19(12-10-16)23(18-7-5-4-6-8-18)25-17(2)24(28)26-21-15-20(27(29)30)13-14-22(21)31-3/h4-15,17,23,25H,1-3H3,(H,26,28)/t17-,23-/m0/s1. The van der Waals surface area contributed by atoms with Crippen molar-refractivity contribution in [2.45, 2.75) is 25.9 Å². The van der Waals surface area contributed by atoms with Crippen LogP contribution in [0.15, 0.2) is 72.8 Å². The first-order valence-corrected chi connectivity index (χ1v) is 9.90. The van der Waals surface area contributed by atoms with Crippen molar-refractivity contribution < 1.29 is 14.5 Å². The Hall–Kier alpha value is -3.71. The summed E-state index contributed by atoms with van der Waals surface area (Å²) in [6.07, 6.45) is 0. The summed E-state index contributed by atoms with van der Waals surface area (Å²) < 4.78 is 5.23. The van der Waals surface area contributed by atoms with Gasteiger partial charge in [-0.3, -0.25) is 20.2 Å². The summed E-state index contributed by atoms with van der Waals surface area (Å²) in [4.78, 5) is 23.5. The second-order valence-corrected chi connectivity index (χ2v) is 7.27. The summed E-state index contributed by atoms with van der Waals surface area (Å²) >= 11 is 0. The molecular weight excluding hydrogens is 394 g/mol. The molecular formula is C24H25N3O4. The molecule has 1 amide bonds. The average molecular weight is 419 g/mol. The topological polar surface area (TPSA) is 93.5 Å². The SMILES string of the molecule is COc1ccc([N+](=O)[O-])cc1NC(=O)[C@H](C)N[C@@H](c1ccccc1)c1ccc(C)cc1. The second kappa shape index (κ2) is 9.86. The van der Waals surface area contributed by atoms with Crippen LogP contribution < -0.4 is 15.4 Å². The van der Waals surface area contributed by atoms with E-state index in [1.165, 1.54) is 25.3 Å². The Kier molecular flexibility index (Phi) is 6.99. The van der Waals surface area contributed by atoms with Crippen LogP contribution in [0.1, 0.15) is 29.7 Å². The van der Waals surface area contributed by atoms with Gasteiger partial charge < -0.3 is 10.1 Å². The van der Waals surface area contributed by atoms with Crippen molar-refractivity contribution >= 4 is 17.3 Å². The van der Waals surface area contributed by atoms with Gasteiger partial charge in [0.25, 0.3) is 5.69 Å². The first-order chi connectivity index (χ1) is 14.9. The van der Waals surface area contributed by atoms with Gasteiger partial charge in [-0.05, 0) is 31.0 Å². The number of nitro benzene ring substituents is 1. The molecule has 160 valence electrons. The molecule has 3 aromatic rings. The predicted molar refractivity (Wildman–Crippen MR) is 120 cm³/mol. The summed E-state index contributed by atoms with van der Waals surface area (Å²) in [6, 6.07) is 21.3. The van der Waals surface area contributed by atoms with Gasteiger partial charge in [0.2, 0.25) is 5.91 Å². The Morgan fingerprint density at radius 2 is 1.65 bits per heavy atom. The minimum atomic E-state index is -0.588. The molecule has 0 fully saturated rings. The summed E-state index contributed by atoms with van der Waals surface area (Å²) in [5, 5.41) is 17.2. The molecule has 3 aromatic carbocycles. The van der Waals surface area contributed by atoms with Crippen LogP contribution in [-0.4, -0.2) is 24.0 Å². The van der Waals surface area contributed by atoms with Crippen molar-refractivity contribution in [1.82, 2.24) is 5.32 Å².